The normalized spacial score (nSPS) is 11.9. The first-order valence-electron chi connectivity index (χ1n) is 8.22. The summed E-state index contributed by atoms with van der Waals surface area (Å²) >= 11 is 0. The smallest absolute Gasteiger partial charge is 0.264 e. The van der Waals surface area contributed by atoms with Gasteiger partial charge in [0.2, 0.25) is 0 Å². The van der Waals surface area contributed by atoms with Crippen LogP contribution in [0.5, 0.6) is 0 Å². The Kier molecular flexibility index (Phi) is 13.7. The molecule has 0 heterocycles. The average molecular weight is 308 g/mol. The summed E-state index contributed by atoms with van der Waals surface area (Å²) in [6.07, 6.45) is 13.8. The van der Waals surface area contributed by atoms with Gasteiger partial charge in [0.05, 0.1) is 5.75 Å². The molecule has 0 fully saturated rings. The van der Waals surface area contributed by atoms with E-state index in [2.05, 4.69) is 12.2 Å². The van der Waals surface area contributed by atoms with Crippen LogP contribution in [0.4, 0.5) is 0 Å². The topological polar surface area (TPSA) is 66.4 Å². The molecule has 0 aromatic heterocycles. The molecule has 4 nitrogen and oxygen atoms in total. The van der Waals surface area contributed by atoms with Crippen molar-refractivity contribution in [2.75, 3.05) is 18.8 Å². The van der Waals surface area contributed by atoms with Gasteiger partial charge in [-0.3, -0.25) is 4.55 Å². The maximum Gasteiger partial charge on any atom is 0.264 e. The molecule has 0 bridgehead atoms. The lowest BCUT2D eigenvalue weighted by Crippen LogP contribution is -2.19. The van der Waals surface area contributed by atoms with Crippen LogP contribution in [0.2, 0.25) is 0 Å². The molecule has 0 rings (SSSR count). The monoisotopic (exact) mass is 307 g/mol. The molecule has 0 saturated heterocycles. The molecule has 0 unspecified atom stereocenters. The number of nitrogens with one attached hydrogen (secondary N) is 1. The van der Waals surface area contributed by atoms with Crippen molar-refractivity contribution in [3.8, 4) is 0 Å². The molecule has 0 spiro atoms. The van der Waals surface area contributed by atoms with Gasteiger partial charge in [0.25, 0.3) is 10.1 Å². The van der Waals surface area contributed by atoms with Gasteiger partial charge in [0.15, 0.2) is 0 Å². The van der Waals surface area contributed by atoms with Gasteiger partial charge < -0.3 is 5.32 Å². The minimum atomic E-state index is -3.78. The summed E-state index contributed by atoms with van der Waals surface area (Å²) in [6.45, 7) is 3.86. The zero-order valence-corrected chi connectivity index (χ0v) is 13.9. The lowest BCUT2D eigenvalue weighted by molar-refractivity contribution is 0.479. The minimum Gasteiger partial charge on any atom is -0.317 e. The van der Waals surface area contributed by atoms with E-state index in [9.17, 15) is 8.42 Å². The molecular formula is C15H33NO3S. The summed E-state index contributed by atoms with van der Waals surface area (Å²) in [4.78, 5) is 0. The van der Waals surface area contributed by atoms with Crippen LogP contribution in [-0.4, -0.2) is 31.8 Å². The zero-order chi connectivity index (χ0) is 15.1. The Morgan fingerprint density at radius 3 is 1.70 bits per heavy atom. The molecular weight excluding hydrogens is 274 g/mol. The lowest BCUT2D eigenvalue weighted by atomic mass is 10.1. The summed E-state index contributed by atoms with van der Waals surface area (Å²) in [5.74, 6) is -0.141. The van der Waals surface area contributed by atoms with E-state index in [0.29, 0.717) is 13.0 Å². The highest BCUT2D eigenvalue weighted by atomic mass is 32.2. The second-order valence-corrected chi connectivity index (χ2v) is 7.14. The lowest BCUT2D eigenvalue weighted by Gasteiger charge is -2.04. The van der Waals surface area contributed by atoms with Crippen molar-refractivity contribution >= 4 is 10.1 Å². The number of rotatable bonds is 15. The highest BCUT2D eigenvalue weighted by Gasteiger charge is 2.02. The predicted octanol–water partition coefficient (Wildman–Crippen LogP) is 3.77. The fraction of sp³-hybridized carbons (Fsp3) is 1.00. The first kappa shape index (κ1) is 19.9. The molecule has 2 N–H and O–H groups in total. The Balaban J connectivity index is 3.03. The predicted molar refractivity (Wildman–Crippen MR) is 85.7 cm³/mol. The first-order valence-corrected chi connectivity index (χ1v) is 9.83. The van der Waals surface area contributed by atoms with E-state index in [1.807, 2.05) is 0 Å². The Hall–Kier alpha value is -0.130. The third-order valence-electron chi connectivity index (χ3n) is 3.46. The van der Waals surface area contributed by atoms with Crippen molar-refractivity contribution in [2.24, 2.45) is 0 Å². The van der Waals surface area contributed by atoms with Gasteiger partial charge >= 0.3 is 0 Å². The molecule has 0 saturated carbocycles. The summed E-state index contributed by atoms with van der Waals surface area (Å²) < 4.78 is 29.5. The number of hydrogen-bond donors (Lipinski definition) is 2. The Morgan fingerprint density at radius 2 is 1.20 bits per heavy atom. The Labute approximate surface area is 125 Å². The summed E-state index contributed by atoms with van der Waals surface area (Å²) in [5.41, 5.74) is 0. The van der Waals surface area contributed by atoms with E-state index in [4.69, 9.17) is 4.55 Å². The van der Waals surface area contributed by atoms with Crippen molar-refractivity contribution in [1.29, 1.82) is 0 Å². The molecule has 20 heavy (non-hydrogen) atoms. The van der Waals surface area contributed by atoms with Crippen LogP contribution in [-0.2, 0) is 10.1 Å². The fourth-order valence-corrected chi connectivity index (χ4v) is 2.75. The molecule has 0 aliphatic carbocycles. The van der Waals surface area contributed by atoms with E-state index in [-0.39, 0.29) is 5.75 Å². The Morgan fingerprint density at radius 1 is 0.750 bits per heavy atom. The van der Waals surface area contributed by atoms with E-state index in [0.717, 1.165) is 13.0 Å². The molecule has 0 aromatic rings. The molecule has 0 aromatic carbocycles. The highest BCUT2D eigenvalue weighted by Crippen LogP contribution is 2.10. The molecule has 0 aliphatic heterocycles. The largest absolute Gasteiger partial charge is 0.317 e. The van der Waals surface area contributed by atoms with Gasteiger partial charge in [-0.2, -0.15) is 8.42 Å². The Bertz CT molecular complexity index is 291. The molecule has 122 valence electrons. The van der Waals surface area contributed by atoms with E-state index in [1.54, 1.807) is 0 Å². The third-order valence-corrected chi connectivity index (χ3v) is 4.27. The highest BCUT2D eigenvalue weighted by molar-refractivity contribution is 7.85. The quantitative estimate of drug-likeness (QED) is 0.357. The van der Waals surface area contributed by atoms with E-state index >= 15 is 0 Å². The van der Waals surface area contributed by atoms with Crippen LogP contribution >= 0.6 is 0 Å². The molecule has 0 atom stereocenters. The summed E-state index contributed by atoms with van der Waals surface area (Å²) in [6, 6.07) is 0. The number of unbranched alkanes of at least 4 members (excludes halogenated alkanes) is 9. The second kappa shape index (κ2) is 13.8. The SMILES string of the molecule is CCCCCCCCCCCCNCCCS(=O)(=O)O. The standard InChI is InChI=1S/C15H33NO3S/c1-2-3-4-5-6-7-8-9-10-11-13-16-14-12-15-20(17,18)19/h16H,2-15H2,1H3,(H,17,18,19). The fourth-order valence-electron chi connectivity index (χ4n) is 2.24. The van der Waals surface area contributed by atoms with Crippen LogP contribution in [0.25, 0.3) is 0 Å². The summed E-state index contributed by atoms with van der Waals surface area (Å²) in [5, 5.41) is 3.21. The van der Waals surface area contributed by atoms with Gasteiger partial charge in [-0.05, 0) is 25.9 Å². The molecule has 5 heteroatoms. The maximum absolute atomic E-state index is 10.5. The number of hydrogen-bond acceptors (Lipinski definition) is 3. The van der Waals surface area contributed by atoms with Crippen LogP contribution in [0.3, 0.4) is 0 Å². The first-order chi connectivity index (χ1) is 9.56. The minimum absolute atomic E-state index is 0.141. The van der Waals surface area contributed by atoms with Crippen molar-refractivity contribution in [2.45, 2.75) is 77.6 Å². The van der Waals surface area contributed by atoms with Gasteiger partial charge in [0, 0.05) is 0 Å². The van der Waals surface area contributed by atoms with E-state index < -0.39 is 10.1 Å². The van der Waals surface area contributed by atoms with Crippen molar-refractivity contribution in [3.05, 3.63) is 0 Å². The van der Waals surface area contributed by atoms with Gasteiger partial charge in [-0.15, -0.1) is 0 Å². The average Bonchev–Trinajstić information content (AvgIpc) is 2.38. The van der Waals surface area contributed by atoms with Gasteiger partial charge in [-0.25, -0.2) is 0 Å². The maximum atomic E-state index is 10.5. The van der Waals surface area contributed by atoms with Gasteiger partial charge in [-0.1, -0.05) is 64.7 Å². The van der Waals surface area contributed by atoms with Crippen molar-refractivity contribution < 1.29 is 13.0 Å². The molecule has 0 aliphatic rings. The van der Waals surface area contributed by atoms with Crippen LogP contribution in [0.1, 0.15) is 77.6 Å². The summed E-state index contributed by atoms with van der Waals surface area (Å²) in [7, 11) is -3.78. The molecule has 0 amide bonds. The van der Waals surface area contributed by atoms with Crippen LogP contribution < -0.4 is 5.32 Å². The van der Waals surface area contributed by atoms with E-state index in [1.165, 1.54) is 57.8 Å². The van der Waals surface area contributed by atoms with Crippen LogP contribution in [0, 0.1) is 0 Å². The van der Waals surface area contributed by atoms with Crippen LogP contribution in [0.15, 0.2) is 0 Å². The van der Waals surface area contributed by atoms with Gasteiger partial charge in [0.1, 0.15) is 0 Å². The van der Waals surface area contributed by atoms with Crippen molar-refractivity contribution in [1.82, 2.24) is 5.32 Å². The second-order valence-electron chi connectivity index (χ2n) is 5.57. The van der Waals surface area contributed by atoms with Crippen molar-refractivity contribution in [3.63, 3.8) is 0 Å². The molecule has 0 radical (unpaired) electrons. The third kappa shape index (κ3) is 17.9. The zero-order valence-electron chi connectivity index (χ0n) is 13.1.